The SMILES string of the molecule is Cc1ccc(C2(c3ccc(C)cc3)SCCS2)cc1. The molecule has 19 heavy (non-hydrogen) atoms. The molecule has 0 radical (unpaired) electrons. The van der Waals surface area contributed by atoms with Gasteiger partial charge in [-0.05, 0) is 25.0 Å². The van der Waals surface area contributed by atoms with Crippen molar-refractivity contribution < 1.29 is 0 Å². The molecule has 0 saturated carbocycles. The molecule has 0 aliphatic carbocycles. The van der Waals surface area contributed by atoms with E-state index in [-0.39, 0.29) is 4.08 Å². The van der Waals surface area contributed by atoms with E-state index in [9.17, 15) is 0 Å². The summed E-state index contributed by atoms with van der Waals surface area (Å²) in [5, 5.41) is 0. The summed E-state index contributed by atoms with van der Waals surface area (Å²) < 4.78 is 0.0986. The van der Waals surface area contributed by atoms with Gasteiger partial charge in [0.25, 0.3) is 0 Å². The van der Waals surface area contributed by atoms with E-state index in [4.69, 9.17) is 0 Å². The molecule has 0 bridgehead atoms. The lowest BCUT2D eigenvalue weighted by atomic mass is 10.0. The van der Waals surface area contributed by atoms with Crippen LogP contribution in [0.5, 0.6) is 0 Å². The summed E-state index contributed by atoms with van der Waals surface area (Å²) in [4.78, 5) is 0. The zero-order valence-corrected chi connectivity index (χ0v) is 13.0. The van der Waals surface area contributed by atoms with Gasteiger partial charge in [0.05, 0.1) is 0 Å². The first-order chi connectivity index (χ1) is 9.21. The Morgan fingerprint density at radius 3 is 1.42 bits per heavy atom. The van der Waals surface area contributed by atoms with Crippen LogP contribution in [0.4, 0.5) is 0 Å². The maximum Gasteiger partial charge on any atom is 0.111 e. The molecular formula is C17H18S2. The fraction of sp³-hybridized carbons (Fsp3) is 0.294. The van der Waals surface area contributed by atoms with Crippen molar-refractivity contribution in [1.29, 1.82) is 0 Å². The van der Waals surface area contributed by atoms with E-state index in [2.05, 4.69) is 85.9 Å². The van der Waals surface area contributed by atoms with Gasteiger partial charge in [-0.3, -0.25) is 0 Å². The molecule has 2 aromatic rings. The number of benzene rings is 2. The van der Waals surface area contributed by atoms with Gasteiger partial charge in [0.2, 0.25) is 0 Å². The Hall–Kier alpha value is -0.860. The van der Waals surface area contributed by atoms with Crippen LogP contribution in [-0.4, -0.2) is 11.5 Å². The molecule has 1 aliphatic rings. The van der Waals surface area contributed by atoms with Gasteiger partial charge in [-0.1, -0.05) is 59.7 Å². The molecule has 1 heterocycles. The molecule has 0 amide bonds. The van der Waals surface area contributed by atoms with E-state index in [0.29, 0.717) is 0 Å². The number of hydrogen-bond donors (Lipinski definition) is 0. The Kier molecular flexibility index (Phi) is 3.64. The number of aryl methyl sites for hydroxylation is 2. The lowest BCUT2D eigenvalue weighted by Crippen LogP contribution is -2.16. The molecule has 1 aliphatic heterocycles. The summed E-state index contributed by atoms with van der Waals surface area (Å²) in [5.74, 6) is 2.46. The van der Waals surface area contributed by atoms with Gasteiger partial charge in [0, 0.05) is 11.5 Å². The number of thioether (sulfide) groups is 2. The first-order valence-corrected chi connectivity index (χ1v) is 8.60. The highest BCUT2D eigenvalue weighted by atomic mass is 32.2. The highest BCUT2D eigenvalue weighted by Crippen LogP contribution is 2.56. The van der Waals surface area contributed by atoms with E-state index < -0.39 is 0 Å². The predicted octanol–water partition coefficient (Wildman–Crippen LogP) is 4.98. The quantitative estimate of drug-likeness (QED) is 0.763. The van der Waals surface area contributed by atoms with E-state index >= 15 is 0 Å². The third kappa shape index (κ3) is 2.44. The molecule has 1 fully saturated rings. The van der Waals surface area contributed by atoms with Crippen molar-refractivity contribution in [2.45, 2.75) is 17.9 Å². The standard InChI is InChI=1S/C17H18S2/c1-13-3-7-15(8-4-13)17(18-11-12-19-17)16-9-5-14(2)6-10-16/h3-10H,11-12H2,1-2H3. The van der Waals surface area contributed by atoms with Crippen LogP contribution in [0, 0.1) is 13.8 Å². The van der Waals surface area contributed by atoms with Gasteiger partial charge in [0.1, 0.15) is 4.08 Å². The first kappa shape index (κ1) is 13.1. The summed E-state index contributed by atoms with van der Waals surface area (Å²) in [6.07, 6.45) is 0. The largest absolute Gasteiger partial charge is 0.134 e. The zero-order chi connectivity index (χ0) is 13.3. The lowest BCUT2D eigenvalue weighted by molar-refractivity contribution is 1.08. The summed E-state index contributed by atoms with van der Waals surface area (Å²) >= 11 is 4.14. The van der Waals surface area contributed by atoms with Crippen molar-refractivity contribution in [2.75, 3.05) is 11.5 Å². The fourth-order valence-corrected chi connectivity index (χ4v) is 5.74. The molecule has 1 saturated heterocycles. The molecule has 2 heteroatoms. The van der Waals surface area contributed by atoms with Gasteiger partial charge >= 0.3 is 0 Å². The molecule has 0 nitrogen and oxygen atoms in total. The van der Waals surface area contributed by atoms with Crippen LogP contribution in [0.1, 0.15) is 22.3 Å². The van der Waals surface area contributed by atoms with Gasteiger partial charge in [0.15, 0.2) is 0 Å². The maximum absolute atomic E-state index is 2.29. The average Bonchev–Trinajstić information content (AvgIpc) is 2.91. The molecule has 0 atom stereocenters. The van der Waals surface area contributed by atoms with Gasteiger partial charge in [-0.15, -0.1) is 23.5 Å². The lowest BCUT2D eigenvalue weighted by Gasteiger charge is -2.28. The van der Waals surface area contributed by atoms with E-state index in [0.717, 1.165) is 0 Å². The van der Waals surface area contributed by atoms with Crippen LogP contribution in [0.25, 0.3) is 0 Å². The Labute approximate surface area is 124 Å². The van der Waals surface area contributed by atoms with Crippen LogP contribution in [0.15, 0.2) is 48.5 Å². The monoisotopic (exact) mass is 286 g/mol. The molecule has 0 spiro atoms. The molecule has 2 aromatic carbocycles. The fourth-order valence-electron chi connectivity index (χ4n) is 2.46. The molecule has 0 unspecified atom stereocenters. The van der Waals surface area contributed by atoms with Crippen molar-refractivity contribution in [2.24, 2.45) is 0 Å². The van der Waals surface area contributed by atoms with Crippen LogP contribution >= 0.6 is 23.5 Å². The predicted molar refractivity (Wildman–Crippen MR) is 88.1 cm³/mol. The summed E-state index contributed by atoms with van der Waals surface area (Å²) in [6, 6.07) is 18.1. The second-order valence-electron chi connectivity index (χ2n) is 5.05. The molecule has 0 N–H and O–H groups in total. The minimum Gasteiger partial charge on any atom is -0.134 e. The second-order valence-corrected chi connectivity index (χ2v) is 7.92. The van der Waals surface area contributed by atoms with Crippen molar-refractivity contribution in [1.82, 2.24) is 0 Å². The Bertz CT molecular complexity index is 501. The molecular weight excluding hydrogens is 268 g/mol. The van der Waals surface area contributed by atoms with Gasteiger partial charge in [-0.25, -0.2) is 0 Å². The van der Waals surface area contributed by atoms with Gasteiger partial charge < -0.3 is 0 Å². The van der Waals surface area contributed by atoms with E-state index in [1.807, 2.05) is 0 Å². The van der Waals surface area contributed by atoms with Crippen molar-refractivity contribution in [3.63, 3.8) is 0 Å². The highest BCUT2D eigenvalue weighted by Gasteiger charge is 2.39. The highest BCUT2D eigenvalue weighted by molar-refractivity contribution is 8.20. The summed E-state index contributed by atoms with van der Waals surface area (Å²) in [5.41, 5.74) is 5.51. The number of hydrogen-bond acceptors (Lipinski definition) is 2. The molecule has 3 rings (SSSR count). The smallest absolute Gasteiger partial charge is 0.111 e. The van der Waals surface area contributed by atoms with Gasteiger partial charge in [-0.2, -0.15) is 0 Å². The summed E-state index contributed by atoms with van der Waals surface area (Å²) in [7, 11) is 0. The third-order valence-corrected chi connectivity index (χ3v) is 7.10. The van der Waals surface area contributed by atoms with E-state index in [1.165, 1.54) is 33.8 Å². The van der Waals surface area contributed by atoms with Crippen LogP contribution in [0.2, 0.25) is 0 Å². The Balaban J connectivity index is 2.08. The second kappa shape index (κ2) is 5.26. The van der Waals surface area contributed by atoms with Crippen LogP contribution in [-0.2, 0) is 4.08 Å². The minimum atomic E-state index is 0.0986. The Morgan fingerprint density at radius 1 is 0.684 bits per heavy atom. The minimum absolute atomic E-state index is 0.0986. The van der Waals surface area contributed by atoms with Crippen molar-refractivity contribution in [3.8, 4) is 0 Å². The number of rotatable bonds is 2. The Morgan fingerprint density at radius 2 is 1.05 bits per heavy atom. The molecule has 0 aromatic heterocycles. The molecule has 98 valence electrons. The van der Waals surface area contributed by atoms with Crippen molar-refractivity contribution in [3.05, 3.63) is 70.8 Å². The topological polar surface area (TPSA) is 0 Å². The van der Waals surface area contributed by atoms with Crippen LogP contribution < -0.4 is 0 Å². The van der Waals surface area contributed by atoms with Crippen molar-refractivity contribution >= 4 is 23.5 Å². The normalized spacial score (nSPS) is 17.6. The zero-order valence-electron chi connectivity index (χ0n) is 11.3. The first-order valence-electron chi connectivity index (χ1n) is 6.63. The van der Waals surface area contributed by atoms with E-state index in [1.54, 1.807) is 0 Å². The van der Waals surface area contributed by atoms with Crippen LogP contribution in [0.3, 0.4) is 0 Å². The summed E-state index contributed by atoms with van der Waals surface area (Å²) in [6.45, 7) is 4.30. The third-order valence-electron chi connectivity index (χ3n) is 3.56. The average molecular weight is 286 g/mol. The maximum atomic E-state index is 2.29.